The number of fused-ring (bicyclic) bond motifs is 1. The van der Waals surface area contributed by atoms with E-state index >= 15 is 0 Å². The van der Waals surface area contributed by atoms with Gasteiger partial charge in [0.2, 0.25) is 0 Å². The number of rotatable bonds is 2. The van der Waals surface area contributed by atoms with Gasteiger partial charge in [-0.25, -0.2) is 0 Å². The predicted molar refractivity (Wildman–Crippen MR) is 93.6 cm³/mol. The Kier molecular flexibility index (Phi) is 4.57. The zero-order valence-corrected chi connectivity index (χ0v) is 13.7. The third-order valence-electron chi connectivity index (χ3n) is 3.99. The molecule has 0 saturated heterocycles. The van der Waals surface area contributed by atoms with Gasteiger partial charge in [0.15, 0.2) is 5.11 Å². The SMILES string of the molecule is COc1ccc(C(=O)NC(=S)N2CCc3ccccc3C2)cc1. The zero-order valence-electron chi connectivity index (χ0n) is 12.9. The van der Waals surface area contributed by atoms with Crippen LogP contribution in [0.2, 0.25) is 0 Å². The van der Waals surface area contributed by atoms with E-state index in [9.17, 15) is 4.79 Å². The monoisotopic (exact) mass is 326 g/mol. The molecule has 1 amide bonds. The Bertz CT molecular complexity index is 728. The molecular weight excluding hydrogens is 308 g/mol. The van der Waals surface area contributed by atoms with Gasteiger partial charge in [-0.15, -0.1) is 0 Å². The third-order valence-corrected chi connectivity index (χ3v) is 4.35. The zero-order chi connectivity index (χ0) is 16.2. The van der Waals surface area contributed by atoms with Crippen LogP contribution < -0.4 is 10.1 Å². The lowest BCUT2D eigenvalue weighted by Gasteiger charge is -2.30. The number of hydrogen-bond acceptors (Lipinski definition) is 3. The molecule has 0 aliphatic carbocycles. The highest BCUT2D eigenvalue weighted by molar-refractivity contribution is 7.80. The fourth-order valence-electron chi connectivity index (χ4n) is 2.66. The van der Waals surface area contributed by atoms with Crippen LogP contribution in [-0.2, 0) is 13.0 Å². The minimum atomic E-state index is -0.198. The van der Waals surface area contributed by atoms with Crippen molar-refractivity contribution in [2.24, 2.45) is 0 Å². The van der Waals surface area contributed by atoms with Crippen molar-refractivity contribution < 1.29 is 9.53 Å². The summed E-state index contributed by atoms with van der Waals surface area (Å²) < 4.78 is 5.09. The van der Waals surface area contributed by atoms with Crippen molar-refractivity contribution in [2.45, 2.75) is 13.0 Å². The second kappa shape index (κ2) is 6.79. The summed E-state index contributed by atoms with van der Waals surface area (Å²) in [5, 5.41) is 3.28. The summed E-state index contributed by atoms with van der Waals surface area (Å²) in [5.74, 6) is 0.522. The van der Waals surface area contributed by atoms with Gasteiger partial charge in [0.25, 0.3) is 5.91 Å². The first-order chi connectivity index (χ1) is 11.2. The number of hydrogen-bond donors (Lipinski definition) is 1. The number of thiocarbonyl (C=S) groups is 1. The summed E-state index contributed by atoms with van der Waals surface area (Å²) in [6.07, 6.45) is 0.939. The average Bonchev–Trinajstić information content (AvgIpc) is 2.61. The Hall–Kier alpha value is -2.40. The minimum absolute atomic E-state index is 0.198. The van der Waals surface area contributed by atoms with E-state index in [0.717, 1.165) is 25.3 Å². The molecule has 2 aromatic rings. The number of methoxy groups -OCH3 is 1. The molecule has 4 nitrogen and oxygen atoms in total. The van der Waals surface area contributed by atoms with Gasteiger partial charge in [0.05, 0.1) is 7.11 Å². The first-order valence-electron chi connectivity index (χ1n) is 7.48. The molecule has 0 bridgehead atoms. The summed E-state index contributed by atoms with van der Waals surface area (Å²) in [7, 11) is 1.60. The Morgan fingerprint density at radius 2 is 1.83 bits per heavy atom. The van der Waals surface area contributed by atoms with Crippen molar-refractivity contribution in [3.05, 3.63) is 65.2 Å². The van der Waals surface area contributed by atoms with Gasteiger partial charge in [-0.3, -0.25) is 10.1 Å². The topological polar surface area (TPSA) is 41.6 Å². The predicted octanol–water partition coefficient (Wildman–Crippen LogP) is 2.77. The number of benzene rings is 2. The van der Waals surface area contributed by atoms with Crippen LogP contribution in [0.4, 0.5) is 0 Å². The molecule has 0 aromatic heterocycles. The van der Waals surface area contributed by atoms with Crippen molar-refractivity contribution in [1.29, 1.82) is 0 Å². The van der Waals surface area contributed by atoms with Crippen molar-refractivity contribution >= 4 is 23.2 Å². The first kappa shape index (κ1) is 15.5. The second-order valence-corrected chi connectivity index (χ2v) is 5.81. The van der Waals surface area contributed by atoms with Crippen molar-refractivity contribution in [3.63, 3.8) is 0 Å². The molecule has 0 atom stereocenters. The van der Waals surface area contributed by atoms with E-state index in [1.807, 2.05) is 11.0 Å². The molecule has 5 heteroatoms. The normalized spacial score (nSPS) is 13.2. The van der Waals surface area contributed by atoms with Crippen LogP contribution >= 0.6 is 12.2 Å². The Labute approximate surface area is 141 Å². The lowest BCUT2D eigenvalue weighted by molar-refractivity contribution is 0.0972. The lowest BCUT2D eigenvalue weighted by Crippen LogP contribution is -2.44. The van der Waals surface area contributed by atoms with Crippen LogP contribution in [0.3, 0.4) is 0 Å². The molecule has 0 radical (unpaired) electrons. The number of nitrogens with one attached hydrogen (secondary N) is 1. The number of carbonyl (C=O) groups excluding carboxylic acids is 1. The summed E-state index contributed by atoms with van der Waals surface area (Å²) >= 11 is 5.40. The van der Waals surface area contributed by atoms with Crippen LogP contribution in [0.5, 0.6) is 5.75 Å². The second-order valence-electron chi connectivity index (χ2n) is 5.43. The highest BCUT2D eigenvalue weighted by atomic mass is 32.1. The van der Waals surface area contributed by atoms with Crippen molar-refractivity contribution in [2.75, 3.05) is 13.7 Å². The maximum Gasteiger partial charge on any atom is 0.257 e. The van der Waals surface area contributed by atoms with Crippen molar-refractivity contribution in [3.8, 4) is 5.75 Å². The van der Waals surface area contributed by atoms with Gasteiger partial charge in [0, 0.05) is 18.7 Å². The Morgan fingerprint density at radius 1 is 1.13 bits per heavy atom. The molecule has 0 spiro atoms. The number of ether oxygens (including phenoxy) is 1. The molecular formula is C18H18N2O2S. The highest BCUT2D eigenvalue weighted by Gasteiger charge is 2.19. The van der Waals surface area contributed by atoms with Crippen molar-refractivity contribution in [1.82, 2.24) is 10.2 Å². The van der Waals surface area contributed by atoms with Gasteiger partial charge < -0.3 is 9.64 Å². The highest BCUT2D eigenvalue weighted by Crippen LogP contribution is 2.18. The number of nitrogens with zero attached hydrogens (tertiary/aromatic N) is 1. The molecule has 118 valence electrons. The average molecular weight is 326 g/mol. The largest absolute Gasteiger partial charge is 0.497 e. The van der Waals surface area contributed by atoms with E-state index in [4.69, 9.17) is 17.0 Å². The third kappa shape index (κ3) is 3.51. The van der Waals surface area contributed by atoms with Crippen LogP contribution in [0.25, 0.3) is 0 Å². The lowest BCUT2D eigenvalue weighted by atomic mass is 10.0. The van der Waals surface area contributed by atoms with Gasteiger partial charge in [0.1, 0.15) is 5.75 Å². The molecule has 3 rings (SSSR count). The summed E-state index contributed by atoms with van der Waals surface area (Å²) in [5.41, 5.74) is 3.18. The molecule has 0 unspecified atom stereocenters. The molecule has 23 heavy (non-hydrogen) atoms. The van der Waals surface area contributed by atoms with Crippen LogP contribution in [0, 0.1) is 0 Å². The molecule has 0 saturated carbocycles. The van der Waals surface area contributed by atoms with E-state index in [2.05, 4.69) is 23.5 Å². The molecule has 1 aliphatic rings. The van der Waals surface area contributed by atoms with E-state index in [1.54, 1.807) is 31.4 Å². The fraction of sp³-hybridized carbons (Fsp3) is 0.222. The molecule has 1 heterocycles. The van der Waals surface area contributed by atoms with Crippen LogP contribution in [0.1, 0.15) is 21.5 Å². The molecule has 1 N–H and O–H groups in total. The van der Waals surface area contributed by atoms with Crippen LogP contribution in [0.15, 0.2) is 48.5 Å². The number of amides is 1. The quantitative estimate of drug-likeness (QED) is 0.862. The minimum Gasteiger partial charge on any atom is -0.497 e. The summed E-state index contributed by atoms with van der Waals surface area (Å²) in [6, 6.07) is 15.3. The first-order valence-corrected chi connectivity index (χ1v) is 7.89. The van der Waals surface area contributed by atoms with E-state index in [1.165, 1.54) is 11.1 Å². The standard InChI is InChI=1S/C18H18N2O2S/c1-22-16-8-6-14(7-9-16)17(21)19-18(23)20-11-10-13-4-2-3-5-15(13)12-20/h2-9H,10-12H2,1H3,(H,19,21,23). The summed E-state index contributed by atoms with van der Waals surface area (Å²) in [4.78, 5) is 14.3. The van der Waals surface area contributed by atoms with Gasteiger partial charge in [-0.2, -0.15) is 0 Å². The maximum absolute atomic E-state index is 12.3. The van der Waals surface area contributed by atoms with Gasteiger partial charge >= 0.3 is 0 Å². The van der Waals surface area contributed by atoms with E-state index in [-0.39, 0.29) is 5.91 Å². The maximum atomic E-state index is 12.3. The van der Waals surface area contributed by atoms with E-state index < -0.39 is 0 Å². The molecule has 2 aromatic carbocycles. The smallest absolute Gasteiger partial charge is 0.257 e. The van der Waals surface area contributed by atoms with E-state index in [0.29, 0.717) is 10.7 Å². The Morgan fingerprint density at radius 3 is 2.52 bits per heavy atom. The fourth-order valence-corrected chi connectivity index (χ4v) is 2.91. The number of carbonyl (C=O) groups is 1. The molecule has 1 aliphatic heterocycles. The van der Waals surface area contributed by atoms with Crippen LogP contribution in [-0.4, -0.2) is 29.6 Å². The Balaban J connectivity index is 1.64. The molecule has 0 fully saturated rings. The summed E-state index contributed by atoms with van der Waals surface area (Å²) in [6.45, 7) is 1.55. The van der Waals surface area contributed by atoms with Gasteiger partial charge in [-0.05, 0) is 54.0 Å². The van der Waals surface area contributed by atoms with Gasteiger partial charge in [-0.1, -0.05) is 24.3 Å².